The van der Waals surface area contributed by atoms with Crippen molar-refractivity contribution in [3.05, 3.63) is 23.3 Å². The van der Waals surface area contributed by atoms with Crippen LogP contribution < -0.4 is 11.1 Å². The van der Waals surface area contributed by atoms with E-state index in [1.54, 1.807) is 13.0 Å². The SMILES string of the molecule is Cc1cc(NCC2CCCC(O)C2)cc(C(=O)O)c1N. The standard InChI is InChI=1S/C15H22N2O3/c1-9-5-11(7-13(14(9)16)15(19)20)17-8-10-3-2-4-12(18)6-10/h5,7,10,12,17-18H,2-4,6,8,16H2,1H3,(H,19,20). The molecule has 1 aliphatic rings. The molecule has 1 aromatic carbocycles. The largest absolute Gasteiger partial charge is 0.478 e. The second kappa shape index (κ2) is 6.13. The van der Waals surface area contributed by atoms with E-state index in [0.29, 0.717) is 11.6 Å². The number of carboxylic acids is 1. The maximum Gasteiger partial charge on any atom is 0.337 e. The minimum Gasteiger partial charge on any atom is -0.478 e. The summed E-state index contributed by atoms with van der Waals surface area (Å²) in [6, 6.07) is 3.44. The highest BCUT2D eigenvalue weighted by molar-refractivity contribution is 5.95. The Bertz CT molecular complexity index is 502. The van der Waals surface area contributed by atoms with E-state index >= 15 is 0 Å². The molecule has 0 aliphatic heterocycles. The number of aliphatic hydroxyl groups excluding tert-OH is 1. The summed E-state index contributed by atoms with van der Waals surface area (Å²) in [4.78, 5) is 11.1. The molecule has 0 heterocycles. The zero-order valence-corrected chi connectivity index (χ0v) is 11.7. The molecule has 1 saturated carbocycles. The molecular formula is C15H22N2O3. The third-order valence-corrected chi connectivity index (χ3v) is 3.97. The first-order valence-electron chi connectivity index (χ1n) is 7.02. The normalized spacial score (nSPS) is 22.5. The number of carboxylic acid groups (broad SMARTS) is 1. The molecule has 2 rings (SSSR count). The number of anilines is 2. The Hall–Kier alpha value is -1.75. The van der Waals surface area contributed by atoms with E-state index in [-0.39, 0.29) is 11.7 Å². The molecule has 0 radical (unpaired) electrons. The average Bonchev–Trinajstić information content (AvgIpc) is 2.39. The number of hydrogen-bond acceptors (Lipinski definition) is 4. The molecule has 20 heavy (non-hydrogen) atoms. The number of aryl methyl sites for hydroxylation is 1. The van der Waals surface area contributed by atoms with Gasteiger partial charge in [0.25, 0.3) is 0 Å². The summed E-state index contributed by atoms with van der Waals surface area (Å²) in [5.74, 6) is -0.577. The first-order chi connectivity index (χ1) is 9.47. The van der Waals surface area contributed by atoms with Crippen molar-refractivity contribution in [3.63, 3.8) is 0 Å². The molecule has 1 aromatic rings. The van der Waals surface area contributed by atoms with E-state index in [1.165, 1.54) is 0 Å². The number of aliphatic hydroxyl groups is 1. The number of nitrogen functional groups attached to an aromatic ring is 1. The lowest BCUT2D eigenvalue weighted by molar-refractivity contribution is 0.0698. The van der Waals surface area contributed by atoms with Gasteiger partial charge < -0.3 is 21.3 Å². The van der Waals surface area contributed by atoms with Gasteiger partial charge in [0.2, 0.25) is 0 Å². The number of nitrogens with two attached hydrogens (primary N) is 1. The molecular weight excluding hydrogens is 256 g/mol. The van der Waals surface area contributed by atoms with E-state index in [4.69, 9.17) is 10.8 Å². The molecule has 0 spiro atoms. The second-order valence-corrected chi connectivity index (χ2v) is 5.63. The van der Waals surface area contributed by atoms with Crippen molar-refractivity contribution in [1.82, 2.24) is 0 Å². The van der Waals surface area contributed by atoms with Crippen molar-refractivity contribution in [2.24, 2.45) is 5.92 Å². The summed E-state index contributed by atoms with van der Waals surface area (Å²) < 4.78 is 0. The molecule has 2 atom stereocenters. The highest BCUT2D eigenvalue weighted by Crippen LogP contribution is 2.26. The maximum atomic E-state index is 11.1. The highest BCUT2D eigenvalue weighted by Gasteiger charge is 2.20. The van der Waals surface area contributed by atoms with Gasteiger partial charge in [-0.3, -0.25) is 0 Å². The fourth-order valence-electron chi connectivity index (χ4n) is 2.79. The van der Waals surface area contributed by atoms with E-state index < -0.39 is 5.97 Å². The van der Waals surface area contributed by atoms with Crippen LogP contribution in [0.5, 0.6) is 0 Å². The van der Waals surface area contributed by atoms with Gasteiger partial charge in [0, 0.05) is 17.9 Å². The van der Waals surface area contributed by atoms with Crippen LogP contribution in [0, 0.1) is 12.8 Å². The summed E-state index contributed by atoms with van der Waals surface area (Å²) in [6.45, 7) is 2.55. The lowest BCUT2D eigenvalue weighted by atomic mass is 9.87. The third kappa shape index (κ3) is 3.42. The maximum absolute atomic E-state index is 11.1. The predicted molar refractivity (Wildman–Crippen MR) is 79.0 cm³/mol. The van der Waals surface area contributed by atoms with Crippen molar-refractivity contribution in [2.75, 3.05) is 17.6 Å². The third-order valence-electron chi connectivity index (χ3n) is 3.97. The molecule has 5 heteroatoms. The van der Waals surface area contributed by atoms with Crippen LogP contribution in [0.15, 0.2) is 12.1 Å². The Morgan fingerprint density at radius 3 is 2.85 bits per heavy atom. The summed E-state index contributed by atoms with van der Waals surface area (Å²) in [5, 5.41) is 22.0. The second-order valence-electron chi connectivity index (χ2n) is 5.63. The number of benzene rings is 1. The Kier molecular flexibility index (Phi) is 4.49. The van der Waals surface area contributed by atoms with Gasteiger partial charge in [-0.05, 0) is 49.8 Å². The van der Waals surface area contributed by atoms with Gasteiger partial charge in [0.05, 0.1) is 11.7 Å². The van der Waals surface area contributed by atoms with Crippen LogP contribution in [0.3, 0.4) is 0 Å². The van der Waals surface area contributed by atoms with Crippen LogP contribution in [0.1, 0.15) is 41.6 Å². The quantitative estimate of drug-likeness (QED) is 0.633. The number of carbonyl (C=O) groups is 1. The van der Waals surface area contributed by atoms with Gasteiger partial charge >= 0.3 is 5.97 Å². The number of rotatable bonds is 4. The van der Waals surface area contributed by atoms with E-state index in [9.17, 15) is 9.90 Å². The first-order valence-corrected chi connectivity index (χ1v) is 7.02. The van der Waals surface area contributed by atoms with Crippen molar-refractivity contribution >= 4 is 17.3 Å². The molecule has 2 unspecified atom stereocenters. The topological polar surface area (TPSA) is 95.6 Å². The smallest absolute Gasteiger partial charge is 0.337 e. The van der Waals surface area contributed by atoms with E-state index in [2.05, 4.69) is 5.32 Å². The van der Waals surface area contributed by atoms with Gasteiger partial charge in [-0.2, -0.15) is 0 Å². The molecule has 110 valence electrons. The lowest BCUT2D eigenvalue weighted by Gasteiger charge is -2.26. The van der Waals surface area contributed by atoms with E-state index in [1.807, 2.05) is 6.07 Å². The van der Waals surface area contributed by atoms with Crippen molar-refractivity contribution in [2.45, 2.75) is 38.7 Å². The van der Waals surface area contributed by atoms with Gasteiger partial charge in [-0.1, -0.05) is 6.42 Å². The minimum atomic E-state index is -1.01. The van der Waals surface area contributed by atoms with Gasteiger partial charge in [-0.15, -0.1) is 0 Å². The lowest BCUT2D eigenvalue weighted by Crippen LogP contribution is -2.25. The van der Waals surface area contributed by atoms with Gasteiger partial charge in [0.15, 0.2) is 0 Å². The number of aromatic carboxylic acids is 1. The summed E-state index contributed by atoms with van der Waals surface area (Å²) in [5.41, 5.74) is 7.75. The zero-order chi connectivity index (χ0) is 14.7. The van der Waals surface area contributed by atoms with Crippen LogP contribution in [0.25, 0.3) is 0 Å². The molecule has 5 nitrogen and oxygen atoms in total. The van der Waals surface area contributed by atoms with Crippen LogP contribution in [0.2, 0.25) is 0 Å². The van der Waals surface area contributed by atoms with E-state index in [0.717, 1.165) is 43.5 Å². The van der Waals surface area contributed by atoms with Crippen molar-refractivity contribution in [1.29, 1.82) is 0 Å². The Morgan fingerprint density at radius 2 is 2.20 bits per heavy atom. The summed E-state index contributed by atoms with van der Waals surface area (Å²) >= 11 is 0. The first kappa shape index (κ1) is 14.7. The Morgan fingerprint density at radius 1 is 1.45 bits per heavy atom. The van der Waals surface area contributed by atoms with Crippen LogP contribution in [-0.4, -0.2) is 28.8 Å². The predicted octanol–water partition coefficient (Wildman–Crippen LogP) is 2.24. The monoisotopic (exact) mass is 278 g/mol. The molecule has 1 fully saturated rings. The fourth-order valence-corrected chi connectivity index (χ4v) is 2.79. The van der Waals surface area contributed by atoms with Crippen LogP contribution >= 0.6 is 0 Å². The van der Waals surface area contributed by atoms with Crippen LogP contribution in [-0.2, 0) is 0 Å². The molecule has 5 N–H and O–H groups in total. The van der Waals surface area contributed by atoms with Crippen LogP contribution in [0.4, 0.5) is 11.4 Å². The number of hydrogen-bond donors (Lipinski definition) is 4. The van der Waals surface area contributed by atoms with Crippen molar-refractivity contribution < 1.29 is 15.0 Å². The number of nitrogens with one attached hydrogen (secondary N) is 1. The molecule has 0 amide bonds. The van der Waals surface area contributed by atoms with Gasteiger partial charge in [-0.25, -0.2) is 4.79 Å². The highest BCUT2D eigenvalue weighted by atomic mass is 16.4. The molecule has 0 saturated heterocycles. The fraction of sp³-hybridized carbons (Fsp3) is 0.533. The van der Waals surface area contributed by atoms with Crippen molar-refractivity contribution in [3.8, 4) is 0 Å². The Balaban J connectivity index is 2.04. The zero-order valence-electron chi connectivity index (χ0n) is 11.7. The summed E-state index contributed by atoms with van der Waals surface area (Å²) in [7, 11) is 0. The molecule has 0 bridgehead atoms. The van der Waals surface area contributed by atoms with Gasteiger partial charge in [0.1, 0.15) is 0 Å². The molecule has 0 aromatic heterocycles. The average molecular weight is 278 g/mol. The Labute approximate surface area is 118 Å². The summed E-state index contributed by atoms with van der Waals surface area (Å²) in [6.07, 6.45) is 3.66. The minimum absolute atomic E-state index is 0.135. The molecule has 1 aliphatic carbocycles.